The lowest BCUT2D eigenvalue weighted by atomic mass is 9.86. The summed E-state index contributed by atoms with van der Waals surface area (Å²) in [5, 5.41) is 33.6. The van der Waals surface area contributed by atoms with Crippen molar-refractivity contribution in [2.24, 2.45) is 0 Å². The van der Waals surface area contributed by atoms with Crippen molar-refractivity contribution in [2.45, 2.75) is 102 Å². The maximum absolute atomic E-state index is 13.4. The molecular formula is C51H48I2N6O11. The predicted octanol–water partition coefficient (Wildman–Crippen LogP) is 6.52. The predicted molar refractivity (Wildman–Crippen MR) is 272 cm³/mol. The minimum absolute atomic E-state index is 0.0931. The summed E-state index contributed by atoms with van der Waals surface area (Å²) in [6.45, 7) is 7.42. The van der Waals surface area contributed by atoms with Gasteiger partial charge in [-0.15, -0.1) is 0 Å². The molecule has 19 heteroatoms. The maximum atomic E-state index is 13.4. The molecule has 0 bridgehead atoms. The zero-order valence-corrected chi connectivity index (χ0v) is 42.7. The van der Waals surface area contributed by atoms with Crippen LogP contribution in [-0.4, -0.2) is 94.5 Å². The summed E-state index contributed by atoms with van der Waals surface area (Å²) in [4.78, 5) is 78.3. The molecule has 0 spiro atoms. The number of fused-ring (bicyclic) bond motifs is 10. The molecule has 12 rings (SSSR count). The molecule has 1 amide bonds. The fraction of sp³-hybridized carbons (Fsp3) is 0.392. The van der Waals surface area contributed by atoms with Gasteiger partial charge in [0, 0.05) is 52.2 Å². The van der Waals surface area contributed by atoms with Crippen molar-refractivity contribution >= 4 is 85.0 Å². The third-order valence-corrected chi connectivity index (χ3v) is 17.3. The first-order valence-electron chi connectivity index (χ1n) is 23.6. The SMILES string of the molecule is CC[C@@]1(O)C(=O)OCc2c1cc1n(c2=O)Cc2cc3c(I)c(O)ccc3nc2-1.CC[C@@]1(O)C(=O)OCc2c1cc1n(c2=O)Cc2cc3c(I)c(OC(=O)N4CCC(N5CCCCC5)CC4)ccc3nc2-1. The van der Waals surface area contributed by atoms with E-state index in [0.717, 1.165) is 38.3 Å². The highest BCUT2D eigenvalue weighted by Gasteiger charge is 2.47. The number of cyclic esters (lactones) is 2. The van der Waals surface area contributed by atoms with Gasteiger partial charge < -0.3 is 48.5 Å². The van der Waals surface area contributed by atoms with Crippen molar-refractivity contribution in [3.63, 3.8) is 0 Å². The molecule has 2 aromatic carbocycles. The van der Waals surface area contributed by atoms with Gasteiger partial charge in [-0.3, -0.25) is 9.59 Å². The average Bonchev–Trinajstić information content (AvgIpc) is 3.93. The first-order valence-corrected chi connectivity index (χ1v) is 25.8. The number of likely N-dealkylation sites (tertiary alicyclic amines) is 2. The Kier molecular flexibility index (Phi) is 11.8. The highest BCUT2D eigenvalue weighted by Crippen LogP contribution is 2.42. The molecule has 70 heavy (non-hydrogen) atoms. The number of amides is 1. The van der Waals surface area contributed by atoms with E-state index in [1.807, 2.05) is 18.2 Å². The highest BCUT2D eigenvalue weighted by atomic mass is 127. The summed E-state index contributed by atoms with van der Waals surface area (Å²) < 4.78 is 20.8. The van der Waals surface area contributed by atoms with Gasteiger partial charge in [-0.1, -0.05) is 20.3 Å². The van der Waals surface area contributed by atoms with E-state index in [1.54, 1.807) is 58.2 Å². The van der Waals surface area contributed by atoms with Crippen LogP contribution in [-0.2, 0) is 56.6 Å². The molecular weight excluding hydrogens is 1130 g/mol. The molecule has 2 fully saturated rings. The van der Waals surface area contributed by atoms with Crippen molar-refractivity contribution in [3.8, 4) is 34.3 Å². The van der Waals surface area contributed by atoms with Gasteiger partial charge in [0.05, 0.1) is 65.2 Å². The maximum Gasteiger partial charge on any atom is 0.415 e. The summed E-state index contributed by atoms with van der Waals surface area (Å²) >= 11 is 4.26. The number of rotatable bonds is 4. The molecule has 0 aliphatic carbocycles. The lowest BCUT2D eigenvalue weighted by Crippen LogP contribution is -2.48. The molecule has 3 N–H and O–H groups in total. The number of ether oxygens (including phenoxy) is 3. The topological polar surface area (TPSA) is 216 Å². The van der Waals surface area contributed by atoms with Gasteiger partial charge in [-0.25, -0.2) is 24.4 Å². The first-order chi connectivity index (χ1) is 33.6. The molecule has 4 aromatic heterocycles. The number of nitrogens with zero attached hydrogens (tertiary/aromatic N) is 6. The van der Waals surface area contributed by atoms with Crippen molar-refractivity contribution in [1.29, 1.82) is 0 Å². The van der Waals surface area contributed by atoms with Crippen LogP contribution in [0.1, 0.15) is 92.2 Å². The minimum Gasteiger partial charge on any atom is -0.507 e. The van der Waals surface area contributed by atoms with Crippen LogP contribution in [0.15, 0.2) is 58.1 Å². The Morgan fingerprint density at radius 3 is 1.73 bits per heavy atom. The number of phenolic OH excluding ortho intramolecular Hbond substituents is 1. The molecule has 6 aliphatic heterocycles. The van der Waals surface area contributed by atoms with Gasteiger partial charge in [0.2, 0.25) is 0 Å². The second-order valence-electron chi connectivity index (χ2n) is 18.8. The standard InChI is InChI=1S/C31H33IN4O6.C20H15IN2O5/c1-2-31(40)22-15-24-27-18(16-36(24)28(37)21(22)17-41-29(31)38)14-20-23(33-27)6-7-25(26(20)32)42-30(39)35-12-8-19(9-13-35)34-10-4-3-5-11-34;1-2-20(27)12-6-14-17-9(5-10-13(22-17)3-4-15(24)16(10)21)7-23(14)18(25)11(12)8-28-19(20)26/h6-7,14-15,19,40H,2-5,8-13,16-17H2,1H3;3-6,24,27H,2,7-8H2,1H3/t31-;20-/m00/s1. The molecule has 0 saturated carbocycles. The smallest absolute Gasteiger partial charge is 0.415 e. The zero-order valence-electron chi connectivity index (χ0n) is 38.3. The fourth-order valence-corrected chi connectivity index (χ4v) is 12.3. The number of piperidine rings is 2. The molecule has 6 aromatic rings. The Morgan fingerprint density at radius 1 is 0.714 bits per heavy atom. The second kappa shape index (κ2) is 17.7. The molecule has 10 heterocycles. The van der Waals surface area contributed by atoms with E-state index in [4.69, 9.17) is 24.2 Å². The Balaban J connectivity index is 0.000000165. The fourth-order valence-electron chi connectivity index (χ4n) is 10.9. The number of aliphatic hydroxyl groups is 2. The Bertz CT molecular complexity index is 3380. The molecule has 2 atom stereocenters. The summed E-state index contributed by atoms with van der Waals surface area (Å²) in [6.07, 6.45) is 5.67. The van der Waals surface area contributed by atoms with Crippen LogP contribution in [0.2, 0.25) is 0 Å². The van der Waals surface area contributed by atoms with E-state index in [9.17, 15) is 39.3 Å². The Labute approximate surface area is 427 Å². The van der Waals surface area contributed by atoms with Crippen molar-refractivity contribution in [1.82, 2.24) is 28.9 Å². The summed E-state index contributed by atoms with van der Waals surface area (Å²) in [6, 6.07) is 14.8. The number of esters is 2. The van der Waals surface area contributed by atoms with Crippen LogP contribution in [0, 0.1) is 7.14 Å². The van der Waals surface area contributed by atoms with Gasteiger partial charge in [-0.05, 0) is 145 Å². The molecule has 362 valence electrons. The molecule has 0 radical (unpaired) electrons. The van der Waals surface area contributed by atoms with Crippen LogP contribution in [0.4, 0.5) is 4.79 Å². The lowest BCUT2D eigenvalue weighted by molar-refractivity contribution is -0.172. The average molecular weight is 1170 g/mol. The first kappa shape index (κ1) is 46.9. The van der Waals surface area contributed by atoms with Gasteiger partial charge >= 0.3 is 18.0 Å². The second-order valence-corrected chi connectivity index (χ2v) is 20.9. The number of aromatic nitrogens is 4. The number of carbonyl (C=O) groups excluding carboxylic acids is 3. The minimum atomic E-state index is -1.86. The summed E-state index contributed by atoms with van der Waals surface area (Å²) in [5.41, 5.74) is 2.43. The number of benzene rings is 2. The van der Waals surface area contributed by atoms with Gasteiger partial charge in [-0.2, -0.15) is 0 Å². The van der Waals surface area contributed by atoms with Gasteiger partial charge in [0.1, 0.15) is 24.7 Å². The van der Waals surface area contributed by atoms with Crippen molar-refractivity contribution in [3.05, 3.63) is 110 Å². The lowest BCUT2D eigenvalue weighted by Gasteiger charge is -2.39. The van der Waals surface area contributed by atoms with E-state index in [0.29, 0.717) is 97.6 Å². The van der Waals surface area contributed by atoms with Crippen LogP contribution >= 0.6 is 45.2 Å². The van der Waals surface area contributed by atoms with Crippen LogP contribution < -0.4 is 15.9 Å². The highest BCUT2D eigenvalue weighted by molar-refractivity contribution is 14.1. The number of hydrogen-bond acceptors (Lipinski definition) is 14. The van der Waals surface area contributed by atoms with Crippen LogP contribution in [0.3, 0.4) is 0 Å². The summed E-state index contributed by atoms with van der Waals surface area (Å²) in [5.74, 6) is -0.808. The number of phenols is 1. The van der Waals surface area contributed by atoms with Crippen LogP contribution in [0.5, 0.6) is 11.5 Å². The number of hydrogen-bond donors (Lipinski definition) is 3. The number of halogens is 2. The van der Waals surface area contributed by atoms with E-state index < -0.39 is 23.1 Å². The van der Waals surface area contributed by atoms with Gasteiger partial charge in [0.15, 0.2) is 11.2 Å². The normalized spacial score (nSPS) is 21.4. The molecule has 2 saturated heterocycles. The number of carbonyl (C=O) groups is 3. The third-order valence-electron chi connectivity index (χ3n) is 15.0. The Hall–Kier alpha value is -5.49. The van der Waals surface area contributed by atoms with Crippen molar-refractivity contribution in [2.75, 3.05) is 26.2 Å². The van der Waals surface area contributed by atoms with E-state index in [2.05, 4.69) is 50.1 Å². The summed E-state index contributed by atoms with van der Waals surface area (Å²) in [7, 11) is 0. The van der Waals surface area contributed by atoms with E-state index in [-0.39, 0.29) is 49.0 Å². The monoisotopic (exact) mass is 1170 g/mol. The van der Waals surface area contributed by atoms with Crippen molar-refractivity contribution < 1.29 is 43.9 Å². The number of aromatic hydroxyl groups is 1. The zero-order chi connectivity index (χ0) is 49.0. The largest absolute Gasteiger partial charge is 0.507 e. The molecule has 0 unspecified atom stereocenters. The van der Waals surface area contributed by atoms with E-state index in [1.165, 1.54) is 32.4 Å². The molecule has 17 nitrogen and oxygen atoms in total. The van der Waals surface area contributed by atoms with Gasteiger partial charge in [0.25, 0.3) is 11.1 Å². The molecule has 6 aliphatic rings. The Morgan fingerprint density at radius 2 is 1.21 bits per heavy atom. The van der Waals surface area contributed by atoms with E-state index >= 15 is 0 Å². The van der Waals surface area contributed by atoms with Crippen LogP contribution in [0.25, 0.3) is 44.6 Å². The third kappa shape index (κ3) is 7.42. The number of pyridine rings is 4. The quantitative estimate of drug-likeness (QED) is 0.126.